The van der Waals surface area contributed by atoms with Gasteiger partial charge in [0.2, 0.25) is 10.0 Å². The van der Waals surface area contributed by atoms with Crippen molar-refractivity contribution in [3.8, 4) is 0 Å². The lowest BCUT2D eigenvalue weighted by Crippen LogP contribution is -2.46. The van der Waals surface area contributed by atoms with E-state index < -0.39 is 10.0 Å². The Hall–Kier alpha value is -0.780. The maximum atomic E-state index is 12.8. The molecule has 2 fully saturated rings. The van der Waals surface area contributed by atoms with Crippen LogP contribution in [0.4, 0.5) is 5.69 Å². The number of hydrogen-bond donors (Lipinski definition) is 1. The third-order valence-corrected chi connectivity index (χ3v) is 6.78. The lowest BCUT2D eigenvalue weighted by molar-refractivity contribution is 0.202. The van der Waals surface area contributed by atoms with Gasteiger partial charge in [-0.1, -0.05) is 18.0 Å². The largest absolute Gasteiger partial charge is 0.397 e. The predicted octanol–water partition coefficient (Wildman–Crippen LogP) is 2.88. The van der Waals surface area contributed by atoms with Crippen LogP contribution in [0.25, 0.3) is 0 Å². The van der Waals surface area contributed by atoms with E-state index in [1.807, 2.05) is 0 Å². The molecule has 1 aliphatic carbocycles. The molecule has 20 heavy (non-hydrogen) atoms. The van der Waals surface area contributed by atoms with Crippen LogP contribution in [0, 0.1) is 5.92 Å². The molecule has 2 atom stereocenters. The standard InChI is InChI=1S/C14H19ClN2O2S/c15-12-7-6-11(9-13(12)16)20(18,19)17-8-2-4-10-3-1-5-14(10)17/h6-7,9-10,14H,1-5,8,16H2. The number of rotatable bonds is 2. The van der Waals surface area contributed by atoms with Crippen LogP contribution < -0.4 is 5.73 Å². The van der Waals surface area contributed by atoms with Gasteiger partial charge in [-0.2, -0.15) is 4.31 Å². The van der Waals surface area contributed by atoms with Crippen molar-refractivity contribution in [2.45, 2.75) is 43.0 Å². The highest BCUT2D eigenvalue weighted by Gasteiger charge is 2.41. The van der Waals surface area contributed by atoms with Crippen LogP contribution in [0.5, 0.6) is 0 Å². The van der Waals surface area contributed by atoms with E-state index >= 15 is 0 Å². The van der Waals surface area contributed by atoms with Gasteiger partial charge in [0.15, 0.2) is 0 Å². The number of fused-ring (bicyclic) bond motifs is 1. The van der Waals surface area contributed by atoms with Crippen molar-refractivity contribution >= 4 is 27.3 Å². The lowest BCUT2D eigenvalue weighted by atomic mass is 9.94. The zero-order valence-corrected chi connectivity index (χ0v) is 12.8. The monoisotopic (exact) mass is 314 g/mol. The summed E-state index contributed by atoms with van der Waals surface area (Å²) in [4.78, 5) is 0.256. The molecule has 2 aliphatic rings. The summed E-state index contributed by atoms with van der Waals surface area (Å²) in [5.74, 6) is 0.531. The van der Waals surface area contributed by atoms with Gasteiger partial charge >= 0.3 is 0 Å². The number of hydrogen-bond acceptors (Lipinski definition) is 3. The summed E-state index contributed by atoms with van der Waals surface area (Å²) in [7, 11) is -3.46. The summed E-state index contributed by atoms with van der Waals surface area (Å²) < 4.78 is 27.3. The number of halogens is 1. The van der Waals surface area contributed by atoms with Gasteiger partial charge in [0.25, 0.3) is 0 Å². The van der Waals surface area contributed by atoms with E-state index in [2.05, 4.69) is 0 Å². The first-order valence-corrected chi connectivity index (χ1v) is 8.89. The molecule has 0 bridgehead atoms. The summed E-state index contributed by atoms with van der Waals surface area (Å²) in [6, 6.07) is 4.74. The molecular weight excluding hydrogens is 296 g/mol. The van der Waals surface area contributed by atoms with E-state index in [1.54, 1.807) is 16.4 Å². The number of sulfonamides is 1. The van der Waals surface area contributed by atoms with Crippen LogP contribution >= 0.6 is 11.6 Å². The summed E-state index contributed by atoms with van der Waals surface area (Å²) in [5.41, 5.74) is 6.05. The number of piperidine rings is 1. The fourth-order valence-corrected chi connectivity index (χ4v) is 5.43. The Bertz CT molecular complexity index is 618. The molecule has 1 saturated heterocycles. The topological polar surface area (TPSA) is 63.4 Å². The first-order chi connectivity index (χ1) is 9.50. The predicted molar refractivity (Wildman–Crippen MR) is 80.1 cm³/mol. The molecule has 0 aromatic heterocycles. The van der Waals surface area contributed by atoms with E-state index in [9.17, 15) is 8.42 Å². The van der Waals surface area contributed by atoms with Crippen LogP contribution in [0.1, 0.15) is 32.1 Å². The molecule has 4 nitrogen and oxygen atoms in total. The molecule has 0 amide bonds. The van der Waals surface area contributed by atoms with Crippen molar-refractivity contribution in [1.29, 1.82) is 0 Å². The van der Waals surface area contributed by atoms with Crippen molar-refractivity contribution < 1.29 is 8.42 Å². The van der Waals surface area contributed by atoms with Gasteiger partial charge in [0.1, 0.15) is 0 Å². The minimum Gasteiger partial charge on any atom is -0.397 e. The first-order valence-electron chi connectivity index (χ1n) is 7.07. The average Bonchev–Trinajstić information content (AvgIpc) is 2.89. The molecule has 1 saturated carbocycles. The average molecular weight is 315 g/mol. The van der Waals surface area contributed by atoms with E-state index in [-0.39, 0.29) is 10.9 Å². The molecule has 6 heteroatoms. The molecule has 1 aliphatic heterocycles. The van der Waals surface area contributed by atoms with Crippen molar-refractivity contribution in [2.24, 2.45) is 5.92 Å². The highest BCUT2D eigenvalue weighted by molar-refractivity contribution is 7.89. The second-order valence-corrected chi connectivity index (χ2v) is 8.00. The van der Waals surface area contributed by atoms with E-state index in [1.165, 1.54) is 6.07 Å². The number of nitrogens with two attached hydrogens (primary N) is 1. The normalized spacial score (nSPS) is 27.4. The third-order valence-electron chi connectivity index (χ3n) is 4.52. The lowest BCUT2D eigenvalue weighted by Gasteiger charge is -2.36. The fraction of sp³-hybridized carbons (Fsp3) is 0.571. The molecule has 0 spiro atoms. The van der Waals surface area contributed by atoms with Crippen molar-refractivity contribution in [1.82, 2.24) is 4.31 Å². The minimum atomic E-state index is -3.46. The molecule has 110 valence electrons. The number of nitrogen functional groups attached to an aromatic ring is 1. The van der Waals surface area contributed by atoms with Gasteiger partial charge in [-0.3, -0.25) is 0 Å². The smallest absolute Gasteiger partial charge is 0.243 e. The van der Waals surface area contributed by atoms with Crippen molar-refractivity contribution in [2.75, 3.05) is 12.3 Å². The van der Waals surface area contributed by atoms with Crippen LogP contribution in [-0.4, -0.2) is 25.3 Å². The first kappa shape index (κ1) is 14.2. The van der Waals surface area contributed by atoms with Crippen LogP contribution in [-0.2, 0) is 10.0 Å². The van der Waals surface area contributed by atoms with E-state index in [0.29, 0.717) is 23.2 Å². The van der Waals surface area contributed by atoms with Crippen molar-refractivity contribution in [3.63, 3.8) is 0 Å². The molecule has 1 aromatic carbocycles. The van der Waals surface area contributed by atoms with Gasteiger partial charge in [-0.25, -0.2) is 8.42 Å². The fourth-order valence-electron chi connectivity index (χ4n) is 3.52. The van der Waals surface area contributed by atoms with Crippen molar-refractivity contribution in [3.05, 3.63) is 23.2 Å². The quantitative estimate of drug-likeness (QED) is 0.854. The molecule has 0 radical (unpaired) electrons. The highest BCUT2D eigenvalue weighted by atomic mass is 35.5. The van der Waals surface area contributed by atoms with Gasteiger partial charge in [0, 0.05) is 12.6 Å². The number of nitrogens with zero attached hydrogens (tertiary/aromatic N) is 1. The Labute approximate surface area is 125 Å². The Morgan fingerprint density at radius 3 is 2.70 bits per heavy atom. The number of benzene rings is 1. The molecule has 3 rings (SSSR count). The second kappa shape index (κ2) is 5.20. The molecular formula is C14H19ClN2O2S. The second-order valence-electron chi connectivity index (χ2n) is 5.70. The summed E-state index contributed by atoms with van der Waals surface area (Å²) >= 11 is 5.87. The maximum Gasteiger partial charge on any atom is 0.243 e. The Balaban J connectivity index is 1.96. The third kappa shape index (κ3) is 2.32. The Morgan fingerprint density at radius 2 is 1.95 bits per heavy atom. The van der Waals surface area contributed by atoms with Crippen LogP contribution in [0.2, 0.25) is 5.02 Å². The summed E-state index contributed by atoms with van der Waals surface area (Å²) in [6.07, 6.45) is 5.36. The maximum absolute atomic E-state index is 12.8. The van der Waals surface area contributed by atoms with Gasteiger partial charge in [-0.05, 0) is 49.8 Å². The SMILES string of the molecule is Nc1cc(S(=O)(=O)N2CCCC3CCCC32)ccc1Cl. The summed E-state index contributed by atoms with van der Waals surface area (Å²) in [5, 5.41) is 0.390. The molecule has 1 heterocycles. The number of anilines is 1. The van der Waals surface area contributed by atoms with Crippen LogP contribution in [0.3, 0.4) is 0 Å². The zero-order valence-electron chi connectivity index (χ0n) is 11.3. The van der Waals surface area contributed by atoms with E-state index in [0.717, 1.165) is 32.1 Å². The minimum absolute atomic E-state index is 0.172. The molecule has 2 N–H and O–H groups in total. The van der Waals surface area contributed by atoms with Gasteiger partial charge < -0.3 is 5.73 Å². The zero-order chi connectivity index (χ0) is 14.3. The molecule has 1 aromatic rings. The van der Waals surface area contributed by atoms with Crippen LogP contribution in [0.15, 0.2) is 23.1 Å². The van der Waals surface area contributed by atoms with Gasteiger partial charge in [0.05, 0.1) is 15.6 Å². The highest BCUT2D eigenvalue weighted by Crippen LogP contribution is 2.39. The Kier molecular flexibility index (Phi) is 3.69. The van der Waals surface area contributed by atoms with Gasteiger partial charge in [-0.15, -0.1) is 0 Å². The Morgan fingerprint density at radius 1 is 1.20 bits per heavy atom. The molecule has 2 unspecified atom stereocenters. The van der Waals surface area contributed by atoms with E-state index in [4.69, 9.17) is 17.3 Å². The summed E-state index contributed by atoms with van der Waals surface area (Å²) in [6.45, 7) is 0.617.